The normalized spacial score (nSPS) is 16.6. The van der Waals surface area contributed by atoms with Gasteiger partial charge in [-0.05, 0) is 6.07 Å². The average molecular weight is 332 g/mol. The number of nitro groups is 1. The van der Waals surface area contributed by atoms with Crippen molar-refractivity contribution in [1.82, 2.24) is 14.9 Å². The molecule has 2 N–H and O–H groups in total. The van der Waals surface area contributed by atoms with Gasteiger partial charge >= 0.3 is 0 Å². The molecule has 8 nitrogen and oxygen atoms in total. The molecule has 1 aliphatic heterocycles. The van der Waals surface area contributed by atoms with Gasteiger partial charge in [0.05, 0.1) is 4.92 Å². The van der Waals surface area contributed by atoms with E-state index in [2.05, 4.69) is 14.9 Å². The van der Waals surface area contributed by atoms with Crippen molar-refractivity contribution in [3.8, 4) is 0 Å². The molecule has 0 aromatic heterocycles. The summed E-state index contributed by atoms with van der Waals surface area (Å²) in [6, 6.07) is 2.96. The minimum absolute atomic E-state index is 0.0633. The number of nitrogens with one attached hydrogen (secondary N) is 2. The van der Waals surface area contributed by atoms with Crippen molar-refractivity contribution in [2.45, 2.75) is 4.90 Å². The van der Waals surface area contributed by atoms with Gasteiger partial charge < -0.3 is 5.32 Å². The molecule has 0 atom stereocenters. The molecule has 10 heteroatoms. The molecule has 1 aliphatic rings. The highest BCUT2D eigenvalue weighted by atomic mass is 32.2. The Bertz CT molecular complexity index is 647. The van der Waals surface area contributed by atoms with Crippen LogP contribution in [0.15, 0.2) is 23.1 Å². The third-order valence-electron chi connectivity index (χ3n) is 3.34. The fourth-order valence-corrected chi connectivity index (χ4v) is 3.50. The molecule has 0 unspecified atom stereocenters. The summed E-state index contributed by atoms with van der Waals surface area (Å²) in [7, 11) is -4.28. The minimum atomic E-state index is -4.28. The summed E-state index contributed by atoms with van der Waals surface area (Å²) >= 11 is 0. The number of piperazine rings is 1. The number of hydrogen-bond acceptors (Lipinski definition) is 6. The summed E-state index contributed by atoms with van der Waals surface area (Å²) < 4.78 is 40.2. The van der Waals surface area contributed by atoms with Crippen molar-refractivity contribution < 1.29 is 17.7 Å². The highest BCUT2D eigenvalue weighted by Crippen LogP contribution is 2.25. The van der Waals surface area contributed by atoms with Crippen LogP contribution in [0.25, 0.3) is 0 Å². The van der Waals surface area contributed by atoms with Gasteiger partial charge in [0, 0.05) is 45.3 Å². The fraction of sp³-hybridized carbons (Fsp3) is 0.500. The average Bonchev–Trinajstić information content (AvgIpc) is 2.47. The fourth-order valence-electron chi connectivity index (χ4n) is 2.25. The van der Waals surface area contributed by atoms with Crippen LogP contribution >= 0.6 is 0 Å². The third-order valence-corrected chi connectivity index (χ3v) is 4.87. The van der Waals surface area contributed by atoms with E-state index in [9.17, 15) is 22.9 Å². The first kappa shape index (κ1) is 16.7. The molecule has 22 heavy (non-hydrogen) atoms. The van der Waals surface area contributed by atoms with E-state index in [4.69, 9.17) is 0 Å². The van der Waals surface area contributed by atoms with E-state index in [1.165, 1.54) is 0 Å². The first-order valence-electron chi connectivity index (χ1n) is 6.77. The molecule has 0 bridgehead atoms. The van der Waals surface area contributed by atoms with Gasteiger partial charge in [-0.3, -0.25) is 15.0 Å². The Balaban J connectivity index is 2.08. The molecule has 0 amide bonds. The number of halogens is 1. The maximum atomic E-state index is 13.7. The Kier molecular flexibility index (Phi) is 5.40. The zero-order chi connectivity index (χ0) is 16.2. The van der Waals surface area contributed by atoms with Gasteiger partial charge in [-0.2, -0.15) is 0 Å². The van der Waals surface area contributed by atoms with Gasteiger partial charge in [0.2, 0.25) is 10.0 Å². The van der Waals surface area contributed by atoms with Crippen LogP contribution in [-0.2, 0) is 10.0 Å². The molecular weight excluding hydrogens is 315 g/mol. The Morgan fingerprint density at radius 1 is 1.36 bits per heavy atom. The number of nitro benzene ring substituents is 1. The Labute approximate surface area is 127 Å². The van der Waals surface area contributed by atoms with Crippen LogP contribution in [-0.4, -0.2) is 57.5 Å². The summed E-state index contributed by atoms with van der Waals surface area (Å²) in [6.45, 7) is 3.76. The molecule has 122 valence electrons. The van der Waals surface area contributed by atoms with Crippen molar-refractivity contribution in [2.75, 3.05) is 39.3 Å². The molecule has 1 aromatic rings. The van der Waals surface area contributed by atoms with Crippen LogP contribution in [0.3, 0.4) is 0 Å². The molecule has 0 saturated carbocycles. The molecule has 0 spiro atoms. The second kappa shape index (κ2) is 7.09. The first-order valence-corrected chi connectivity index (χ1v) is 8.26. The molecule has 1 saturated heterocycles. The predicted molar refractivity (Wildman–Crippen MR) is 77.6 cm³/mol. The molecule has 2 rings (SSSR count). The molecule has 0 aliphatic carbocycles. The van der Waals surface area contributed by atoms with Crippen LogP contribution in [0, 0.1) is 15.9 Å². The summed E-state index contributed by atoms with van der Waals surface area (Å²) in [4.78, 5) is 11.1. The molecular formula is C12H17FN4O4S. The molecule has 0 radical (unpaired) electrons. The van der Waals surface area contributed by atoms with Crippen molar-refractivity contribution in [1.29, 1.82) is 0 Å². The minimum Gasteiger partial charge on any atom is -0.314 e. The number of sulfonamides is 1. The molecule has 1 fully saturated rings. The zero-order valence-electron chi connectivity index (χ0n) is 11.8. The van der Waals surface area contributed by atoms with E-state index in [0.29, 0.717) is 6.54 Å². The first-order chi connectivity index (χ1) is 10.4. The van der Waals surface area contributed by atoms with Crippen LogP contribution < -0.4 is 10.0 Å². The van der Waals surface area contributed by atoms with Crippen molar-refractivity contribution in [2.24, 2.45) is 0 Å². The highest BCUT2D eigenvalue weighted by Gasteiger charge is 2.29. The second-order valence-electron chi connectivity index (χ2n) is 4.83. The monoisotopic (exact) mass is 332 g/mol. The predicted octanol–water partition coefficient (Wildman–Crippen LogP) is -0.0826. The summed E-state index contributed by atoms with van der Waals surface area (Å²) in [5, 5.41) is 14.0. The van der Waals surface area contributed by atoms with E-state index >= 15 is 0 Å². The number of hydrogen-bond donors (Lipinski definition) is 2. The van der Waals surface area contributed by atoms with Gasteiger partial charge in [-0.1, -0.05) is 6.07 Å². The Morgan fingerprint density at radius 2 is 2.05 bits per heavy atom. The lowest BCUT2D eigenvalue weighted by Gasteiger charge is -2.27. The van der Waals surface area contributed by atoms with E-state index in [-0.39, 0.29) is 6.54 Å². The van der Waals surface area contributed by atoms with E-state index in [1.54, 1.807) is 0 Å². The SMILES string of the molecule is O=[N+]([O-])c1cccc(F)c1S(=O)(=O)NCCN1CCNCC1. The van der Waals surface area contributed by atoms with Gasteiger partial charge in [0.1, 0.15) is 5.82 Å². The summed E-state index contributed by atoms with van der Waals surface area (Å²) in [5.41, 5.74) is -0.769. The van der Waals surface area contributed by atoms with E-state index < -0.39 is 31.3 Å². The van der Waals surface area contributed by atoms with Crippen LogP contribution in [0.2, 0.25) is 0 Å². The summed E-state index contributed by atoms with van der Waals surface area (Å²) in [6.07, 6.45) is 0. The van der Waals surface area contributed by atoms with Crippen molar-refractivity contribution in [3.05, 3.63) is 34.1 Å². The van der Waals surface area contributed by atoms with Crippen LogP contribution in [0.4, 0.5) is 10.1 Å². The zero-order valence-corrected chi connectivity index (χ0v) is 12.6. The molecule has 1 aromatic carbocycles. The quantitative estimate of drug-likeness (QED) is 0.558. The standard InChI is InChI=1S/C12H17FN4O4S/c13-10-2-1-3-11(17(18)19)12(10)22(20,21)15-6-9-16-7-4-14-5-8-16/h1-3,14-15H,4-9H2. The number of rotatable bonds is 6. The van der Waals surface area contributed by atoms with Crippen molar-refractivity contribution >= 4 is 15.7 Å². The largest absolute Gasteiger partial charge is 0.314 e. The Hall–Kier alpha value is -1.62. The van der Waals surface area contributed by atoms with Crippen molar-refractivity contribution in [3.63, 3.8) is 0 Å². The lowest BCUT2D eigenvalue weighted by Crippen LogP contribution is -2.46. The lowest BCUT2D eigenvalue weighted by molar-refractivity contribution is -0.388. The van der Waals surface area contributed by atoms with Gasteiger partial charge in [0.25, 0.3) is 5.69 Å². The van der Waals surface area contributed by atoms with Gasteiger partial charge in [0.15, 0.2) is 4.90 Å². The highest BCUT2D eigenvalue weighted by molar-refractivity contribution is 7.89. The smallest absolute Gasteiger partial charge is 0.292 e. The maximum absolute atomic E-state index is 13.7. The summed E-state index contributed by atoms with van der Waals surface area (Å²) in [5.74, 6) is -1.14. The second-order valence-corrected chi connectivity index (χ2v) is 6.54. The third kappa shape index (κ3) is 3.97. The Morgan fingerprint density at radius 3 is 2.68 bits per heavy atom. The van der Waals surface area contributed by atoms with Gasteiger partial charge in [-0.25, -0.2) is 17.5 Å². The molecule has 1 heterocycles. The van der Waals surface area contributed by atoms with E-state index in [0.717, 1.165) is 44.4 Å². The topological polar surface area (TPSA) is 105 Å². The van der Waals surface area contributed by atoms with Gasteiger partial charge in [-0.15, -0.1) is 0 Å². The maximum Gasteiger partial charge on any atom is 0.292 e. The van der Waals surface area contributed by atoms with E-state index in [1.807, 2.05) is 0 Å². The van der Waals surface area contributed by atoms with Crippen LogP contribution in [0.5, 0.6) is 0 Å². The number of nitrogens with zero attached hydrogens (tertiary/aromatic N) is 2. The lowest BCUT2D eigenvalue weighted by atomic mass is 10.3. The number of benzene rings is 1. The van der Waals surface area contributed by atoms with Crippen LogP contribution in [0.1, 0.15) is 0 Å².